The molecule has 14 heavy (non-hydrogen) atoms. The molecule has 2 rings (SSSR count). The lowest BCUT2D eigenvalue weighted by Crippen LogP contribution is -2.38. The van der Waals surface area contributed by atoms with Crippen LogP contribution in [-0.2, 0) is 4.79 Å². The van der Waals surface area contributed by atoms with E-state index in [2.05, 4.69) is 10.7 Å². The Morgan fingerprint density at radius 3 is 2.79 bits per heavy atom. The van der Waals surface area contributed by atoms with E-state index in [1.807, 2.05) is 31.5 Å². The molecule has 0 saturated carbocycles. The van der Waals surface area contributed by atoms with Gasteiger partial charge in [0, 0.05) is 18.9 Å². The van der Waals surface area contributed by atoms with Crippen LogP contribution in [0.3, 0.4) is 0 Å². The highest BCUT2D eigenvalue weighted by Gasteiger charge is 2.36. The number of carbonyl (C=O) groups excluding carboxylic acids is 1. The highest BCUT2D eigenvalue weighted by molar-refractivity contribution is 5.89. The molecule has 4 heteroatoms. The van der Waals surface area contributed by atoms with Gasteiger partial charge in [0.25, 0.3) is 0 Å². The number of nitrogens with zero attached hydrogens (tertiary/aromatic N) is 1. The van der Waals surface area contributed by atoms with Gasteiger partial charge in [-0.3, -0.25) is 14.9 Å². The van der Waals surface area contributed by atoms with Crippen molar-refractivity contribution in [1.29, 1.82) is 0 Å². The zero-order valence-corrected chi connectivity index (χ0v) is 8.29. The van der Waals surface area contributed by atoms with E-state index in [4.69, 9.17) is 0 Å². The second-order valence-electron chi connectivity index (χ2n) is 4.02. The normalized spacial score (nSPS) is 26.4. The SMILES string of the molecule is CC1(C(=O)Nn2cccc2)CCNC1. The molecule has 1 aromatic heterocycles. The van der Waals surface area contributed by atoms with Crippen molar-refractivity contribution in [1.82, 2.24) is 9.99 Å². The van der Waals surface area contributed by atoms with Crippen LogP contribution in [0.5, 0.6) is 0 Å². The van der Waals surface area contributed by atoms with Gasteiger partial charge in [0.15, 0.2) is 0 Å². The summed E-state index contributed by atoms with van der Waals surface area (Å²) in [5, 5.41) is 3.20. The fourth-order valence-electron chi connectivity index (χ4n) is 1.67. The summed E-state index contributed by atoms with van der Waals surface area (Å²) in [5.41, 5.74) is 2.58. The smallest absolute Gasteiger partial charge is 0.246 e. The van der Waals surface area contributed by atoms with Crippen LogP contribution in [0.2, 0.25) is 0 Å². The number of nitrogens with one attached hydrogen (secondary N) is 2. The van der Waals surface area contributed by atoms with E-state index >= 15 is 0 Å². The van der Waals surface area contributed by atoms with Crippen molar-refractivity contribution in [3.8, 4) is 0 Å². The predicted octanol–water partition coefficient (Wildman–Crippen LogP) is 0.558. The highest BCUT2D eigenvalue weighted by Crippen LogP contribution is 2.24. The van der Waals surface area contributed by atoms with Gasteiger partial charge in [0.2, 0.25) is 5.91 Å². The molecule has 1 aliphatic rings. The molecule has 0 aromatic carbocycles. The van der Waals surface area contributed by atoms with Crippen LogP contribution in [0.25, 0.3) is 0 Å². The number of rotatable bonds is 2. The molecular formula is C10H15N3O. The average molecular weight is 193 g/mol. The third-order valence-corrected chi connectivity index (χ3v) is 2.75. The summed E-state index contributed by atoms with van der Waals surface area (Å²) in [6.07, 6.45) is 4.55. The Morgan fingerprint density at radius 2 is 2.21 bits per heavy atom. The molecular weight excluding hydrogens is 178 g/mol. The summed E-state index contributed by atoms with van der Waals surface area (Å²) in [6.45, 7) is 3.68. The van der Waals surface area contributed by atoms with E-state index in [9.17, 15) is 4.79 Å². The molecule has 1 fully saturated rings. The average Bonchev–Trinajstić information content (AvgIpc) is 2.76. The summed E-state index contributed by atoms with van der Waals surface area (Å²) in [6, 6.07) is 3.77. The molecule has 1 unspecified atom stereocenters. The van der Waals surface area contributed by atoms with Gasteiger partial charge in [0.05, 0.1) is 5.41 Å². The van der Waals surface area contributed by atoms with Crippen molar-refractivity contribution in [3.05, 3.63) is 24.5 Å². The van der Waals surface area contributed by atoms with Crippen molar-refractivity contribution in [2.24, 2.45) is 5.41 Å². The van der Waals surface area contributed by atoms with E-state index in [1.54, 1.807) is 4.68 Å². The van der Waals surface area contributed by atoms with Gasteiger partial charge in [-0.15, -0.1) is 0 Å². The minimum Gasteiger partial charge on any atom is -0.316 e. The van der Waals surface area contributed by atoms with Crippen molar-refractivity contribution >= 4 is 5.91 Å². The first kappa shape index (κ1) is 9.27. The summed E-state index contributed by atoms with van der Waals surface area (Å²) < 4.78 is 1.69. The third-order valence-electron chi connectivity index (χ3n) is 2.75. The molecule has 76 valence electrons. The summed E-state index contributed by atoms with van der Waals surface area (Å²) in [7, 11) is 0. The Balaban J connectivity index is 2.02. The molecule has 1 amide bonds. The number of hydrogen-bond acceptors (Lipinski definition) is 2. The highest BCUT2D eigenvalue weighted by atomic mass is 16.2. The minimum atomic E-state index is -0.260. The second kappa shape index (κ2) is 3.46. The Labute approximate surface area is 83.3 Å². The fraction of sp³-hybridized carbons (Fsp3) is 0.500. The zero-order valence-electron chi connectivity index (χ0n) is 8.29. The molecule has 0 aliphatic carbocycles. The van der Waals surface area contributed by atoms with Gasteiger partial charge in [-0.1, -0.05) is 0 Å². The first-order valence-corrected chi connectivity index (χ1v) is 4.86. The summed E-state index contributed by atoms with van der Waals surface area (Å²) >= 11 is 0. The lowest BCUT2D eigenvalue weighted by Gasteiger charge is -2.21. The van der Waals surface area contributed by atoms with Gasteiger partial charge in [-0.05, 0) is 32.0 Å². The van der Waals surface area contributed by atoms with E-state index in [1.165, 1.54) is 0 Å². The van der Waals surface area contributed by atoms with E-state index in [-0.39, 0.29) is 11.3 Å². The molecule has 4 nitrogen and oxygen atoms in total. The molecule has 2 heterocycles. The Kier molecular flexibility index (Phi) is 2.29. The summed E-state index contributed by atoms with van der Waals surface area (Å²) in [4.78, 5) is 11.9. The largest absolute Gasteiger partial charge is 0.316 e. The van der Waals surface area contributed by atoms with Crippen molar-refractivity contribution in [2.45, 2.75) is 13.3 Å². The van der Waals surface area contributed by atoms with Gasteiger partial charge in [-0.25, -0.2) is 0 Å². The lowest BCUT2D eigenvalue weighted by molar-refractivity contribution is -0.124. The molecule has 1 atom stereocenters. The number of hydrogen-bond donors (Lipinski definition) is 2. The Hall–Kier alpha value is -1.29. The van der Waals surface area contributed by atoms with Crippen LogP contribution in [-0.4, -0.2) is 23.7 Å². The predicted molar refractivity (Wildman–Crippen MR) is 54.4 cm³/mol. The molecule has 0 spiro atoms. The van der Waals surface area contributed by atoms with Gasteiger partial charge < -0.3 is 5.32 Å². The standard InChI is InChI=1S/C10H15N3O/c1-10(4-5-11-8-10)9(14)12-13-6-2-3-7-13/h2-3,6-7,11H,4-5,8H2,1H3,(H,12,14). The van der Waals surface area contributed by atoms with Crippen LogP contribution >= 0.6 is 0 Å². The topological polar surface area (TPSA) is 46.1 Å². The number of aromatic nitrogens is 1. The lowest BCUT2D eigenvalue weighted by atomic mass is 9.89. The Bertz CT molecular complexity index is 312. The van der Waals surface area contributed by atoms with Crippen LogP contribution in [0.1, 0.15) is 13.3 Å². The number of carbonyl (C=O) groups is 1. The number of amides is 1. The van der Waals surface area contributed by atoms with Crippen molar-refractivity contribution in [3.63, 3.8) is 0 Å². The van der Waals surface area contributed by atoms with Gasteiger partial charge >= 0.3 is 0 Å². The molecule has 1 aromatic rings. The molecule has 0 bridgehead atoms. The minimum absolute atomic E-state index is 0.0821. The van der Waals surface area contributed by atoms with Crippen LogP contribution in [0.4, 0.5) is 0 Å². The maximum Gasteiger partial charge on any atom is 0.246 e. The molecule has 1 aliphatic heterocycles. The third kappa shape index (κ3) is 1.65. The Morgan fingerprint density at radius 1 is 1.50 bits per heavy atom. The van der Waals surface area contributed by atoms with Crippen molar-refractivity contribution < 1.29 is 4.79 Å². The molecule has 2 N–H and O–H groups in total. The maximum atomic E-state index is 11.9. The second-order valence-corrected chi connectivity index (χ2v) is 4.02. The quantitative estimate of drug-likeness (QED) is 0.721. The first-order chi connectivity index (χ1) is 6.71. The summed E-state index contributed by atoms with van der Waals surface area (Å²) in [5.74, 6) is 0.0821. The van der Waals surface area contributed by atoms with Gasteiger partial charge in [0.1, 0.15) is 0 Å². The maximum absolute atomic E-state index is 11.9. The molecule has 1 saturated heterocycles. The van der Waals surface area contributed by atoms with Crippen LogP contribution in [0.15, 0.2) is 24.5 Å². The zero-order chi connectivity index (χ0) is 10.0. The van der Waals surface area contributed by atoms with Crippen molar-refractivity contribution in [2.75, 3.05) is 18.5 Å². The van der Waals surface area contributed by atoms with E-state index in [0.717, 1.165) is 19.5 Å². The van der Waals surface area contributed by atoms with Gasteiger partial charge in [-0.2, -0.15) is 0 Å². The van der Waals surface area contributed by atoms with Crippen LogP contribution < -0.4 is 10.7 Å². The monoisotopic (exact) mass is 193 g/mol. The fourth-order valence-corrected chi connectivity index (χ4v) is 1.67. The van der Waals surface area contributed by atoms with Crippen LogP contribution in [0, 0.1) is 5.41 Å². The molecule has 0 radical (unpaired) electrons. The van der Waals surface area contributed by atoms with E-state index < -0.39 is 0 Å². The van der Waals surface area contributed by atoms with E-state index in [0.29, 0.717) is 0 Å². The first-order valence-electron chi connectivity index (χ1n) is 4.86.